The molecule has 1 aliphatic carbocycles. The van der Waals surface area contributed by atoms with Crippen molar-refractivity contribution in [2.45, 2.75) is 57.7 Å². The summed E-state index contributed by atoms with van der Waals surface area (Å²) in [6.45, 7) is 1.94. The Kier molecular flexibility index (Phi) is 8.61. The number of amides is 2. The van der Waals surface area contributed by atoms with Gasteiger partial charge in [0.25, 0.3) is 5.91 Å². The fourth-order valence-electron chi connectivity index (χ4n) is 3.87. The van der Waals surface area contributed by atoms with Crippen molar-refractivity contribution >= 4 is 35.0 Å². The van der Waals surface area contributed by atoms with Gasteiger partial charge >= 0.3 is 0 Å². The zero-order chi connectivity index (χ0) is 22.2. The Morgan fingerprint density at radius 1 is 1.13 bits per heavy atom. The minimum Gasteiger partial charge on any atom is -0.484 e. The number of rotatable bonds is 9. The molecule has 2 amide bonds. The predicted molar refractivity (Wildman–Crippen MR) is 123 cm³/mol. The number of carbonyl (C=O) groups is 2. The predicted octanol–water partition coefficient (Wildman–Crippen LogP) is 5.24. The lowest BCUT2D eigenvalue weighted by Crippen LogP contribution is -2.52. The molecule has 0 bridgehead atoms. The van der Waals surface area contributed by atoms with E-state index < -0.39 is 6.04 Å². The molecule has 1 N–H and O–H groups in total. The highest BCUT2D eigenvalue weighted by Gasteiger charge is 2.31. The van der Waals surface area contributed by atoms with Crippen LogP contribution in [0.5, 0.6) is 5.75 Å². The summed E-state index contributed by atoms with van der Waals surface area (Å²) in [5.74, 6) is 0.194. The van der Waals surface area contributed by atoms with Crippen LogP contribution >= 0.6 is 23.2 Å². The van der Waals surface area contributed by atoms with Crippen molar-refractivity contribution in [1.29, 1.82) is 0 Å². The molecular weight excluding hydrogens is 435 g/mol. The molecule has 1 aliphatic rings. The quantitative estimate of drug-likeness (QED) is 0.554. The van der Waals surface area contributed by atoms with Crippen LogP contribution in [0.25, 0.3) is 0 Å². The van der Waals surface area contributed by atoms with E-state index in [0.717, 1.165) is 31.2 Å². The molecule has 0 heterocycles. The molecule has 1 fully saturated rings. The van der Waals surface area contributed by atoms with Gasteiger partial charge < -0.3 is 15.0 Å². The highest BCUT2D eigenvalue weighted by Crippen LogP contribution is 2.24. The maximum absolute atomic E-state index is 13.2. The molecule has 0 aliphatic heterocycles. The van der Waals surface area contributed by atoms with Crippen LogP contribution in [0.4, 0.5) is 0 Å². The van der Waals surface area contributed by atoms with E-state index in [1.807, 2.05) is 25.1 Å². The smallest absolute Gasteiger partial charge is 0.261 e. The second-order valence-corrected chi connectivity index (χ2v) is 8.62. The van der Waals surface area contributed by atoms with E-state index in [4.69, 9.17) is 27.9 Å². The molecule has 1 unspecified atom stereocenters. The SMILES string of the molecule is CCC(C(=O)NC1CCCC1)N(Cc1ccc(Cl)cc1Cl)C(=O)COc1ccccc1. The van der Waals surface area contributed by atoms with Gasteiger partial charge in [-0.2, -0.15) is 0 Å². The first-order valence-electron chi connectivity index (χ1n) is 10.7. The van der Waals surface area contributed by atoms with E-state index in [0.29, 0.717) is 22.2 Å². The topological polar surface area (TPSA) is 58.6 Å². The molecule has 31 heavy (non-hydrogen) atoms. The minimum atomic E-state index is -0.612. The Balaban J connectivity index is 1.78. The lowest BCUT2D eigenvalue weighted by Gasteiger charge is -2.31. The monoisotopic (exact) mass is 462 g/mol. The molecule has 0 spiro atoms. The van der Waals surface area contributed by atoms with Gasteiger partial charge in [-0.1, -0.05) is 67.2 Å². The number of nitrogens with zero attached hydrogens (tertiary/aromatic N) is 1. The molecule has 1 saturated carbocycles. The zero-order valence-corrected chi connectivity index (χ0v) is 19.2. The fourth-order valence-corrected chi connectivity index (χ4v) is 4.33. The maximum atomic E-state index is 13.2. The maximum Gasteiger partial charge on any atom is 0.261 e. The largest absolute Gasteiger partial charge is 0.484 e. The van der Waals surface area contributed by atoms with E-state index in [2.05, 4.69) is 5.32 Å². The highest BCUT2D eigenvalue weighted by molar-refractivity contribution is 6.35. The Morgan fingerprint density at radius 2 is 1.84 bits per heavy atom. The Morgan fingerprint density at radius 3 is 2.48 bits per heavy atom. The van der Waals surface area contributed by atoms with Crippen LogP contribution in [0.15, 0.2) is 48.5 Å². The minimum absolute atomic E-state index is 0.132. The van der Waals surface area contributed by atoms with Crippen molar-refractivity contribution in [2.75, 3.05) is 6.61 Å². The van der Waals surface area contributed by atoms with Gasteiger partial charge in [0.15, 0.2) is 6.61 Å². The van der Waals surface area contributed by atoms with Gasteiger partial charge in [0.05, 0.1) is 0 Å². The zero-order valence-electron chi connectivity index (χ0n) is 17.7. The van der Waals surface area contributed by atoms with Crippen molar-refractivity contribution in [3.05, 3.63) is 64.1 Å². The summed E-state index contributed by atoms with van der Waals surface area (Å²) in [6, 6.07) is 13.9. The van der Waals surface area contributed by atoms with E-state index >= 15 is 0 Å². The second-order valence-electron chi connectivity index (χ2n) is 7.77. The third kappa shape index (κ3) is 6.62. The van der Waals surface area contributed by atoms with Crippen LogP contribution in [-0.4, -0.2) is 35.4 Å². The van der Waals surface area contributed by atoms with Gasteiger partial charge in [0.1, 0.15) is 11.8 Å². The standard InChI is InChI=1S/C24H28Cl2N2O3/c1-2-22(24(30)27-19-8-6-7-9-19)28(15-17-12-13-18(25)14-21(17)26)23(29)16-31-20-10-4-3-5-11-20/h3-5,10-14,19,22H,2,6-9,15-16H2,1H3,(H,27,30). The number of para-hydroxylation sites is 1. The number of carbonyl (C=O) groups excluding carboxylic acids is 2. The van der Waals surface area contributed by atoms with Crippen molar-refractivity contribution in [1.82, 2.24) is 10.2 Å². The molecule has 2 aromatic rings. The molecule has 0 radical (unpaired) electrons. The first kappa shape index (κ1) is 23.4. The van der Waals surface area contributed by atoms with Gasteiger partial charge in [0.2, 0.25) is 5.91 Å². The molecule has 2 aromatic carbocycles. The van der Waals surface area contributed by atoms with Crippen LogP contribution in [-0.2, 0) is 16.1 Å². The number of halogens is 2. The normalized spacial score (nSPS) is 14.8. The fraction of sp³-hybridized carbons (Fsp3) is 0.417. The Bertz CT molecular complexity index is 886. The third-order valence-electron chi connectivity index (χ3n) is 5.55. The van der Waals surface area contributed by atoms with Gasteiger partial charge in [-0.25, -0.2) is 0 Å². The Labute approximate surface area is 193 Å². The summed E-state index contributed by atoms with van der Waals surface area (Å²) < 4.78 is 5.67. The highest BCUT2D eigenvalue weighted by atomic mass is 35.5. The lowest BCUT2D eigenvalue weighted by molar-refractivity contribution is -0.143. The number of benzene rings is 2. The van der Waals surface area contributed by atoms with Crippen LogP contribution < -0.4 is 10.1 Å². The second kappa shape index (κ2) is 11.4. The first-order valence-corrected chi connectivity index (χ1v) is 11.4. The molecule has 7 heteroatoms. The number of hydrogen-bond donors (Lipinski definition) is 1. The van der Waals surface area contributed by atoms with Gasteiger partial charge in [-0.3, -0.25) is 9.59 Å². The number of ether oxygens (including phenoxy) is 1. The van der Waals surface area contributed by atoms with Crippen LogP contribution in [0, 0.1) is 0 Å². The van der Waals surface area contributed by atoms with Crippen molar-refractivity contribution in [2.24, 2.45) is 0 Å². The molecule has 3 rings (SSSR count). The average molecular weight is 463 g/mol. The number of hydrogen-bond acceptors (Lipinski definition) is 3. The number of nitrogens with one attached hydrogen (secondary N) is 1. The summed E-state index contributed by atoms with van der Waals surface area (Å²) in [5.41, 5.74) is 0.728. The van der Waals surface area contributed by atoms with Crippen LogP contribution in [0.1, 0.15) is 44.6 Å². The van der Waals surface area contributed by atoms with E-state index in [-0.39, 0.29) is 31.0 Å². The van der Waals surface area contributed by atoms with Gasteiger partial charge in [-0.15, -0.1) is 0 Å². The lowest BCUT2D eigenvalue weighted by atomic mass is 10.1. The summed E-state index contributed by atoms with van der Waals surface area (Å²) in [5, 5.41) is 4.10. The molecule has 5 nitrogen and oxygen atoms in total. The summed E-state index contributed by atoms with van der Waals surface area (Å²) in [7, 11) is 0. The molecule has 0 saturated heterocycles. The molecular formula is C24H28Cl2N2O3. The van der Waals surface area contributed by atoms with Crippen LogP contribution in [0.2, 0.25) is 10.0 Å². The van der Waals surface area contributed by atoms with Crippen molar-refractivity contribution in [3.63, 3.8) is 0 Å². The van der Waals surface area contributed by atoms with Crippen LogP contribution in [0.3, 0.4) is 0 Å². The van der Waals surface area contributed by atoms with Gasteiger partial charge in [0, 0.05) is 22.6 Å². The molecule has 1 atom stereocenters. The van der Waals surface area contributed by atoms with Crippen molar-refractivity contribution in [3.8, 4) is 5.75 Å². The Hall–Kier alpha value is -2.24. The summed E-state index contributed by atoms with van der Waals surface area (Å²) in [6.07, 6.45) is 4.69. The first-order chi connectivity index (χ1) is 15.0. The summed E-state index contributed by atoms with van der Waals surface area (Å²) >= 11 is 12.4. The van der Waals surface area contributed by atoms with E-state index in [1.54, 1.807) is 35.2 Å². The summed E-state index contributed by atoms with van der Waals surface area (Å²) in [4.78, 5) is 27.8. The molecule has 166 valence electrons. The van der Waals surface area contributed by atoms with Gasteiger partial charge in [-0.05, 0) is 49.1 Å². The third-order valence-corrected chi connectivity index (χ3v) is 6.14. The molecule has 0 aromatic heterocycles. The van der Waals surface area contributed by atoms with E-state index in [1.165, 1.54) is 0 Å². The van der Waals surface area contributed by atoms with Crippen molar-refractivity contribution < 1.29 is 14.3 Å². The average Bonchev–Trinajstić information content (AvgIpc) is 3.27. The van der Waals surface area contributed by atoms with E-state index in [9.17, 15) is 9.59 Å².